The monoisotopic (exact) mass is 285 g/mol. The highest BCUT2D eigenvalue weighted by molar-refractivity contribution is 8.93. The van der Waals surface area contributed by atoms with Gasteiger partial charge in [0.25, 0.3) is 0 Å². The van der Waals surface area contributed by atoms with Crippen molar-refractivity contribution in [3.63, 3.8) is 0 Å². The van der Waals surface area contributed by atoms with Crippen LogP contribution < -0.4 is 5.32 Å². The standard InChI is InChI=1S/C12H15NO2.BrH/c14-11-4-2-7-8-5-6-13-10(8)3-1-9(7)12(11)15;/h2,4,8,10,13-15H,1,3,5-6H2;1H/t8-,10-;/m0./s1. The highest BCUT2D eigenvalue weighted by Crippen LogP contribution is 2.43. The van der Waals surface area contributed by atoms with E-state index in [1.165, 1.54) is 5.56 Å². The molecule has 1 aliphatic heterocycles. The number of aromatic hydroxyl groups is 2. The van der Waals surface area contributed by atoms with Gasteiger partial charge in [0.2, 0.25) is 0 Å². The van der Waals surface area contributed by atoms with Gasteiger partial charge >= 0.3 is 0 Å². The fourth-order valence-corrected chi connectivity index (χ4v) is 2.99. The third-order valence-corrected chi connectivity index (χ3v) is 3.75. The Morgan fingerprint density at radius 3 is 2.81 bits per heavy atom. The van der Waals surface area contributed by atoms with Gasteiger partial charge in [-0.25, -0.2) is 0 Å². The number of halogens is 1. The van der Waals surface area contributed by atoms with Gasteiger partial charge in [0.1, 0.15) is 0 Å². The summed E-state index contributed by atoms with van der Waals surface area (Å²) in [4.78, 5) is 0. The van der Waals surface area contributed by atoms with Crippen molar-refractivity contribution in [3.05, 3.63) is 23.3 Å². The van der Waals surface area contributed by atoms with Crippen molar-refractivity contribution in [1.82, 2.24) is 5.32 Å². The molecule has 0 unspecified atom stereocenters. The predicted octanol–water partition coefficient (Wildman–Crippen LogP) is 2.07. The van der Waals surface area contributed by atoms with Gasteiger partial charge in [0, 0.05) is 17.5 Å². The van der Waals surface area contributed by atoms with Crippen LogP contribution in [0.3, 0.4) is 0 Å². The molecule has 0 radical (unpaired) electrons. The summed E-state index contributed by atoms with van der Waals surface area (Å²) in [7, 11) is 0. The van der Waals surface area contributed by atoms with Crippen LogP contribution in [0.1, 0.15) is 29.9 Å². The summed E-state index contributed by atoms with van der Waals surface area (Å²) < 4.78 is 0. The van der Waals surface area contributed by atoms with Crippen LogP contribution in [0.2, 0.25) is 0 Å². The molecule has 0 bridgehead atoms. The molecule has 0 aromatic heterocycles. The van der Waals surface area contributed by atoms with E-state index in [9.17, 15) is 10.2 Å². The zero-order chi connectivity index (χ0) is 10.4. The number of phenols is 2. The maximum atomic E-state index is 9.79. The zero-order valence-corrected chi connectivity index (χ0v) is 10.7. The lowest BCUT2D eigenvalue weighted by Gasteiger charge is -2.28. The lowest BCUT2D eigenvalue weighted by atomic mass is 9.79. The SMILES string of the molecule is Br.Oc1ccc2c(c1O)CC[C@@H]1NCC[C@@H]21. The van der Waals surface area contributed by atoms with E-state index < -0.39 is 0 Å². The Hall–Kier alpha value is -0.740. The minimum atomic E-state index is 0. The summed E-state index contributed by atoms with van der Waals surface area (Å²) in [6.45, 7) is 1.07. The van der Waals surface area contributed by atoms with Crippen LogP contribution in [0.4, 0.5) is 0 Å². The molecule has 1 heterocycles. The highest BCUT2D eigenvalue weighted by Gasteiger charge is 2.34. The molecule has 1 saturated heterocycles. The Morgan fingerprint density at radius 2 is 2.00 bits per heavy atom. The van der Waals surface area contributed by atoms with Crippen LogP contribution in [0.5, 0.6) is 11.5 Å². The van der Waals surface area contributed by atoms with E-state index in [1.54, 1.807) is 6.07 Å². The summed E-state index contributed by atoms with van der Waals surface area (Å²) in [6.07, 6.45) is 3.07. The molecule has 1 fully saturated rings. The Balaban J connectivity index is 0.000000963. The van der Waals surface area contributed by atoms with E-state index in [1.807, 2.05) is 6.07 Å². The Bertz CT molecular complexity index is 408. The first-order valence-corrected chi connectivity index (χ1v) is 5.54. The first kappa shape index (κ1) is 11.7. The van der Waals surface area contributed by atoms with Gasteiger partial charge in [0.05, 0.1) is 0 Å². The van der Waals surface area contributed by atoms with Crippen molar-refractivity contribution in [2.75, 3.05) is 6.54 Å². The topological polar surface area (TPSA) is 52.5 Å². The van der Waals surface area contributed by atoms with Gasteiger partial charge in [-0.1, -0.05) is 6.07 Å². The number of benzene rings is 1. The first-order valence-electron chi connectivity index (χ1n) is 5.54. The van der Waals surface area contributed by atoms with E-state index in [-0.39, 0.29) is 28.5 Å². The molecular weight excluding hydrogens is 270 g/mol. The molecule has 16 heavy (non-hydrogen) atoms. The molecule has 2 aliphatic rings. The van der Waals surface area contributed by atoms with E-state index in [0.29, 0.717) is 12.0 Å². The molecule has 0 amide bonds. The van der Waals surface area contributed by atoms with Crippen LogP contribution in [0.15, 0.2) is 12.1 Å². The molecule has 88 valence electrons. The minimum absolute atomic E-state index is 0. The van der Waals surface area contributed by atoms with Crippen molar-refractivity contribution in [2.24, 2.45) is 0 Å². The maximum absolute atomic E-state index is 9.79. The van der Waals surface area contributed by atoms with Crippen LogP contribution in [0, 0.1) is 0 Å². The molecular formula is C12H16BrNO2. The van der Waals surface area contributed by atoms with E-state index in [2.05, 4.69) is 5.32 Å². The second kappa shape index (κ2) is 4.26. The van der Waals surface area contributed by atoms with E-state index in [4.69, 9.17) is 0 Å². The van der Waals surface area contributed by atoms with Gasteiger partial charge in [-0.3, -0.25) is 0 Å². The maximum Gasteiger partial charge on any atom is 0.160 e. The molecule has 3 nitrogen and oxygen atoms in total. The lowest BCUT2D eigenvalue weighted by molar-refractivity contribution is 0.388. The number of hydrogen-bond acceptors (Lipinski definition) is 3. The third kappa shape index (κ3) is 1.60. The van der Waals surface area contributed by atoms with Gasteiger partial charge in [-0.2, -0.15) is 0 Å². The minimum Gasteiger partial charge on any atom is -0.504 e. The summed E-state index contributed by atoms with van der Waals surface area (Å²) in [6, 6.07) is 4.14. The molecule has 1 aromatic rings. The van der Waals surface area contributed by atoms with Gasteiger partial charge in [-0.15, -0.1) is 17.0 Å². The second-order valence-corrected chi connectivity index (χ2v) is 4.50. The molecule has 1 aliphatic carbocycles. The fourth-order valence-electron chi connectivity index (χ4n) is 2.99. The average molecular weight is 286 g/mol. The molecule has 4 heteroatoms. The van der Waals surface area contributed by atoms with Crippen molar-refractivity contribution in [2.45, 2.75) is 31.2 Å². The molecule has 1 aromatic carbocycles. The summed E-state index contributed by atoms with van der Waals surface area (Å²) >= 11 is 0. The summed E-state index contributed by atoms with van der Waals surface area (Å²) in [5.74, 6) is 0.635. The number of hydrogen-bond donors (Lipinski definition) is 3. The van der Waals surface area contributed by atoms with Gasteiger partial charge < -0.3 is 15.5 Å². The second-order valence-electron chi connectivity index (χ2n) is 4.50. The van der Waals surface area contributed by atoms with Crippen LogP contribution in [-0.4, -0.2) is 22.8 Å². The van der Waals surface area contributed by atoms with E-state index in [0.717, 1.165) is 31.4 Å². The molecule has 3 N–H and O–H groups in total. The Morgan fingerprint density at radius 1 is 1.19 bits per heavy atom. The van der Waals surface area contributed by atoms with Crippen molar-refractivity contribution in [1.29, 1.82) is 0 Å². The molecule has 3 rings (SSSR count). The first-order chi connectivity index (χ1) is 7.27. The molecule has 0 spiro atoms. The molecule has 0 saturated carbocycles. The van der Waals surface area contributed by atoms with E-state index >= 15 is 0 Å². The number of fused-ring (bicyclic) bond motifs is 3. The fraction of sp³-hybridized carbons (Fsp3) is 0.500. The summed E-state index contributed by atoms with van der Waals surface area (Å²) in [5, 5.41) is 22.7. The van der Waals surface area contributed by atoms with Crippen molar-refractivity contribution in [3.8, 4) is 11.5 Å². The largest absolute Gasteiger partial charge is 0.504 e. The van der Waals surface area contributed by atoms with Crippen molar-refractivity contribution >= 4 is 17.0 Å². The Labute approximate surface area is 105 Å². The van der Waals surface area contributed by atoms with Crippen LogP contribution in [-0.2, 0) is 6.42 Å². The van der Waals surface area contributed by atoms with Gasteiger partial charge in [0.15, 0.2) is 11.5 Å². The third-order valence-electron chi connectivity index (χ3n) is 3.75. The quantitative estimate of drug-likeness (QED) is 0.640. The lowest BCUT2D eigenvalue weighted by Crippen LogP contribution is -2.30. The van der Waals surface area contributed by atoms with Crippen LogP contribution >= 0.6 is 17.0 Å². The Kier molecular flexibility index (Phi) is 3.13. The normalized spacial score (nSPS) is 26.8. The summed E-state index contributed by atoms with van der Waals surface area (Å²) in [5.41, 5.74) is 2.19. The number of rotatable bonds is 0. The average Bonchev–Trinajstić information content (AvgIpc) is 2.71. The number of nitrogens with one attached hydrogen (secondary N) is 1. The zero-order valence-electron chi connectivity index (χ0n) is 8.94. The molecule has 2 atom stereocenters. The highest BCUT2D eigenvalue weighted by atomic mass is 79.9. The van der Waals surface area contributed by atoms with Crippen molar-refractivity contribution < 1.29 is 10.2 Å². The number of phenolic OH excluding ortho intramolecular Hbond substituents is 2. The smallest absolute Gasteiger partial charge is 0.160 e. The predicted molar refractivity (Wildman–Crippen MR) is 67.6 cm³/mol. The van der Waals surface area contributed by atoms with Crippen LogP contribution in [0.25, 0.3) is 0 Å². The van der Waals surface area contributed by atoms with Gasteiger partial charge in [-0.05, 0) is 37.4 Å².